The third kappa shape index (κ3) is 6.27. The highest BCUT2D eigenvalue weighted by Crippen LogP contribution is 2.15. The van der Waals surface area contributed by atoms with Gasteiger partial charge in [-0.2, -0.15) is 0 Å². The molecular formula is C15H23N3O4S. The van der Waals surface area contributed by atoms with Crippen molar-refractivity contribution in [1.29, 1.82) is 0 Å². The Morgan fingerprint density at radius 1 is 1.17 bits per heavy atom. The van der Waals surface area contributed by atoms with Gasteiger partial charge in [0.25, 0.3) is 0 Å². The SMILES string of the molecule is CC[C@@H](C)NC(=O)[C@H](C)NC(=O)Nc1cccc(S(C)(=O)=O)c1. The predicted molar refractivity (Wildman–Crippen MR) is 89.1 cm³/mol. The highest BCUT2D eigenvalue weighted by atomic mass is 32.2. The van der Waals surface area contributed by atoms with Crippen LogP contribution in [0, 0.1) is 0 Å². The minimum Gasteiger partial charge on any atom is -0.352 e. The second-order valence-electron chi connectivity index (χ2n) is 5.44. The van der Waals surface area contributed by atoms with Gasteiger partial charge in [-0.3, -0.25) is 4.79 Å². The normalized spacial score (nSPS) is 13.7. The van der Waals surface area contributed by atoms with Gasteiger partial charge in [0.2, 0.25) is 5.91 Å². The molecule has 0 unspecified atom stereocenters. The Morgan fingerprint density at radius 3 is 2.39 bits per heavy atom. The van der Waals surface area contributed by atoms with Crippen LogP contribution < -0.4 is 16.0 Å². The number of anilines is 1. The minimum absolute atomic E-state index is 0.0289. The molecule has 0 bridgehead atoms. The molecule has 0 saturated heterocycles. The van der Waals surface area contributed by atoms with Crippen LogP contribution in [0.2, 0.25) is 0 Å². The third-order valence-corrected chi connectivity index (χ3v) is 4.37. The minimum atomic E-state index is -3.35. The molecule has 0 aliphatic heterocycles. The number of benzene rings is 1. The molecule has 1 aromatic carbocycles. The smallest absolute Gasteiger partial charge is 0.319 e. The van der Waals surface area contributed by atoms with Crippen molar-refractivity contribution in [3.63, 3.8) is 0 Å². The van der Waals surface area contributed by atoms with Crippen LogP contribution in [0.1, 0.15) is 27.2 Å². The van der Waals surface area contributed by atoms with E-state index in [0.717, 1.165) is 12.7 Å². The van der Waals surface area contributed by atoms with Crippen LogP contribution in [0.15, 0.2) is 29.2 Å². The Hall–Kier alpha value is -2.09. The Kier molecular flexibility index (Phi) is 6.56. The number of rotatable bonds is 6. The molecule has 128 valence electrons. The molecule has 0 aromatic heterocycles. The highest BCUT2D eigenvalue weighted by Gasteiger charge is 2.17. The zero-order valence-electron chi connectivity index (χ0n) is 13.7. The summed E-state index contributed by atoms with van der Waals surface area (Å²) in [5.41, 5.74) is 0.333. The van der Waals surface area contributed by atoms with E-state index in [1.165, 1.54) is 18.2 Å². The van der Waals surface area contributed by atoms with Crippen LogP contribution in [0.3, 0.4) is 0 Å². The van der Waals surface area contributed by atoms with Crippen LogP contribution in [0.25, 0.3) is 0 Å². The topological polar surface area (TPSA) is 104 Å². The van der Waals surface area contributed by atoms with E-state index >= 15 is 0 Å². The molecule has 3 amide bonds. The number of sulfone groups is 1. The van der Waals surface area contributed by atoms with Gasteiger partial charge >= 0.3 is 6.03 Å². The van der Waals surface area contributed by atoms with Gasteiger partial charge in [0, 0.05) is 18.0 Å². The Labute approximate surface area is 136 Å². The molecule has 2 atom stereocenters. The second kappa shape index (κ2) is 7.96. The summed E-state index contributed by atoms with van der Waals surface area (Å²) >= 11 is 0. The summed E-state index contributed by atoms with van der Waals surface area (Å²) in [4.78, 5) is 23.9. The van der Waals surface area contributed by atoms with Crippen LogP contribution in [0.4, 0.5) is 10.5 Å². The number of hydrogen-bond acceptors (Lipinski definition) is 4. The van der Waals surface area contributed by atoms with Gasteiger partial charge in [-0.15, -0.1) is 0 Å². The van der Waals surface area contributed by atoms with Gasteiger partial charge in [-0.1, -0.05) is 13.0 Å². The quantitative estimate of drug-likeness (QED) is 0.729. The molecule has 1 rings (SSSR count). The van der Waals surface area contributed by atoms with Crippen LogP contribution >= 0.6 is 0 Å². The summed E-state index contributed by atoms with van der Waals surface area (Å²) in [6, 6.07) is 4.65. The summed E-state index contributed by atoms with van der Waals surface area (Å²) in [5.74, 6) is -0.278. The Balaban J connectivity index is 2.65. The zero-order valence-corrected chi connectivity index (χ0v) is 14.5. The third-order valence-electron chi connectivity index (χ3n) is 3.26. The van der Waals surface area contributed by atoms with E-state index in [-0.39, 0.29) is 16.8 Å². The Morgan fingerprint density at radius 2 is 1.83 bits per heavy atom. The average Bonchev–Trinajstić information content (AvgIpc) is 2.46. The first kappa shape index (κ1) is 19.0. The number of carbonyl (C=O) groups is 2. The standard InChI is InChI=1S/C15H23N3O4S/c1-5-10(2)16-14(19)11(3)17-15(20)18-12-7-6-8-13(9-12)23(4,21)22/h6-11H,5H2,1-4H3,(H,16,19)(H2,17,18,20)/t10-,11+/m1/s1. The first-order chi connectivity index (χ1) is 10.6. The van der Waals surface area contributed by atoms with Gasteiger partial charge < -0.3 is 16.0 Å². The number of nitrogens with one attached hydrogen (secondary N) is 3. The number of urea groups is 1. The molecule has 0 aliphatic carbocycles. The van der Waals surface area contributed by atoms with Crippen molar-refractivity contribution >= 4 is 27.5 Å². The molecule has 0 saturated carbocycles. The lowest BCUT2D eigenvalue weighted by atomic mass is 10.2. The van der Waals surface area contributed by atoms with E-state index in [1.807, 2.05) is 13.8 Å². The van der Waals surface area contributed by atoms with Crippen molar-refractivity contribution in [2.45, 2.75) is 44.2 Å². The van der Waals surface area contributed by atoms with Crippen LogP contribution in [0.5, 0.6) is 0 Å². The summed E-state index contributed by atoms with van der Waals surface area (Å²) in [6.45, 7) is 5.40. The fourth-order valence-electron chi connectivity index (χ4n) is 1.70. The fraction of sp³-hybridized carbons (Fsp3) is 0.467. The summed E-state index contributed by atoms with van der Waals surface area (Å²) < 4.78 is 23.0. The number of amides is 3. The zero-order chi connectivity index (χ0) is 17.6. The maximum absolute atomic E-state index is 11.9. The summed E-state index contributed by atoms with van der Waals surface area (Å²) in [7, 11) is -3.35. The number of hydrogen-bond donors (Lipinski definition) is 3. The maximum atomic E-state index is 11.9. The van der Waals surface area contributed by atoms with Crippen molar-refractivity contribution in [3.05, 3.63) is 24.3 Å². The van der Waals surface area contributed by atoms with E-state index in [4.69, 9.17) is 0 Å². The lowest BCUT2D eigenvalue weighted by Gasteiger charge is -2.17. The molecule has 8 heteroatoms. The van der Waals surface area contributed by atoms with Gasteiger partial charge in [-0.25, -0.2) is 13.2 Å². The largest absolute Gasteiger partial charge is 0.352 e. The van der Waals surface area contributed by atoms with E-state index in [0.29, 0.717) is 5.69 Å². The Bertz CT molecular complexity index is 673. The van der Waals surface area contributed by atoms with Gasteiger partial charge in [0.1, 0.15) is 6.04 Å². The summed E-state index contributed by atoms with van der Waals surface area (Å²) in [6.07, 6.45) is 1.89. The predicted octanol–water partition coefficient (Wildman–Crippen LogP) is 1.51. The van der Waals surface area contributed by atoms with Crippen molar-refractivity contribution in [2.24, 2.45) is 0 Å². The lowest BCUT2D eigenvalue weighted by Crippen LogP contribution is -2.48. The second-order valence-corrected chi connectivity index (χ2v) is 7.45. The maximum Gasteiger partial charge on any atom is 0.319 e. The lowest BCUT2D eigenvalue weighted by molar-refractivity contribution is -0.123. The molecule has 0 aliphatic rings. The first-order valence-corrected chi connectivity index (χ1v) is 9.20. The highest BCUT2D eigenvalue weighted by molar-refractivity contribution is 7.90. The average molecular weight is 341 g/mol. The van der Waals surface area contributed by atoms with Crippen molar-refractivity contribution in [1.82, 2.24) is 10.6 Å². The van der Waals surface area contributed by atoms with E-state index in [9.17, 15) is 18.0 Å². The molecule has 7 nitrogen and oxygen atoms in total. The van der Waals surface area contributed by atoms with Gasteiger partial charge in [-0.05, 0) is 38.5 Å². The van der Waals surface area contributed by atoms with Crippen molar-refractivity contribution in [2.75, 3.05) is 11.6 Å². The van der Waals surface area contributed by atoms with Crippen molar-refractivity contribution in [3.8, 4) is 0 Å². The molecule has 0 fully saturated rings. The number of carbonyl (C=O) groups excluding carboxylic acids is 2. The molecule has 0 spiro atoms. The van der Waals surface area contributed by atoms with E-state index < -0.39 is 21.9 Å². The molecule has 0 radical (unpaired) electrons. The van der Waals surface area contributed by atoms with Gasteiger partial charge in [0.15, 0.2) is 9.84 Å². The van der Waals surface area contributed by atoms with E-state index in [2.05, 4.69) is 16.0 Å². The summed E-state index contributed by atoms with van der Waals surface area (Å²) in [5, 5.41) is 7.78. The first-order valence-electron chi connectivity index (χ1n) is 7.31. The monoisotopic (exact) mass is 341 g/mol. The molecule has 0 heterocycles. The van der Waals surface area contributed by atoms with Gasteiger partial charge in [0.05, 0.1) is 4.90 Å². The molecule has 3 N–H and O–H groups in total. The van der Waals surface area contributed by atoms with Crippen molar-refractivity contribution < 1.29 is 18.0 Å². The van der Waals surface area contributed by atoms with Crippen LogP contribution in [-0.4, -0.2) is 38.7 Å². The van der Waals surface area contributed by atoms with Crippen LogP contribution in [-0.2, 0) is 14.6 Å². The van der Waals surface area contributed by atoms with E-state index in [1.54, 1.807) is 13.0 Å². The molecule has 23 heavy (non-hydrogen) atoms. The molecular weight excluding hydrogens is 318 g/mol. The molecule has 1 aromatic rings. The fourth-order valence-corrected chi connectivity index (χ4v) is 2.37.